The van der Waals surface area contributed by atoms with Crippen LogP contribution >= 0.6 is 0 Å². The average molecular weight is 500 g/mol. The van der Waals surface area contributed by atoms with E-state index in [4.69, 9.17) is 16.7 Å². The molecule has 0 aliphatic heterocycles. The van der Waals surface area contributed by atoms with E-state index in [1.807, 2.05) is 56.3 Å². The van der Waals surface area contributed by atoms with E-state index in [9.17, 15) is 19.2 Å². The van der Waals surface area contributed by atoms with Gasteiger partial charge in [0.25, 0.3) is 0 Å². The minimum Gasteiger partial charge on any atom is -0.368 e. The van der Waals surface area contributed by atoms with E-state index >= 15 is 0 Å². The van der Waals surface area contributed by atoms with Gasteiger partial charge in [0, 0.05) is 31.8 Å². The molecule has 36 heavy (non-hydrogen) atoms. The molecule has 2 aromatic rings. The number of hydrogen-bond acceptors (Lipinski definition) is 6. The molecule has 10 heteroatoms. The number of primary amides is 1. The molecule has 0 heterocycles. The number of nitrogens with one attached hydrogen (secondary N) is 2. The topological polar surface area (TPSA) is 168 Å². The molecule has 7 N–H and O–H groups in total. The number of hydroxylamine groups is 1. The highest BCUT2D eigenvalue weighted by Gasteiger charge is 2.33. The van der Waals surface area contributed by atoms with E-state index in [-0.39, 0.29) is 31.8 Å². The van der Waals surface area contributed by atoms with E-state index in [0.717, 1.165) is 16.3 Å². The van der Waals surface area contributed by atoms with Crippen LogP contribution in [0.4, 0.5) is 0 Å². The maximum atomic E-state index is 13.6. The van der Waals surface area contributed by atoms with Crippen molar-refractivity contribution >= 4 is 34.4 Å². The Bertz CT molecular complexity index is 1070. The smallest absolute Gasteiger partial charge is 0.246 e. The second-order valence-corrected chi connectivity index (χ2v) is 9.41. The van der Waals surface area contributed by atoms with Crippen LogP contribution in [0.25, 0.3) is 10.8 Å². The first kappa shape index (κ1) is 28.7. The van der Waals surface area contributed by atoms with Crippen molar-refractivity contribution in [2.24, 2.45) is 23.3 Å². The van der Waals surface area contributed by atoms with Gasteiger partial charge in [0.05, 0.1) is 0 Å². The lowest BCUT2D eigenvalue weighted by atomic mass is 9.92. The summed E-state index contributed by atoms with van der Waals surface area (Å²) in [7, 11) is 0. The molecule has 2 aromatic carbocycles. The summed E-state index contributed by atoms with van der Waals surface area (Å²) in [6.45, 7) is 5.51. The third-order valence-electron chi connectivity index (χ3n) is 6.08. The molecular weight excluding hydrogens is 462 g/mol. The summed E-state index contributed by atoms with van der Waals surface area (Å²) >= 11 is 0. The fraction of sp³-hybridized carbons (Fsp3) is 0.462. The van der Waals surface area contributed by atoms with Crippen molar-refractivity contribution in [1.82, 2.24) is 15.7 Å². The highest BCUT2D eigenvalue weighted by atomic mass is 16.5. The first-order valence-electron chi connectivity index (χ1n) is 12.1. The minimum absolute atomic E-state index is 0.0787. The zero-order valence-electron chi connectivity index (χ0n) is 21.1. The standard InChI is InChI=1S/C26H37N5O5/c1-16(2)12-21(15-23(32)30-36)25(34)29-22(26(35)31(11-10-27)17(3)24(28)33)14-18-8-9-19-6-4-5-7-20(19)13-18/h4-9,13,16-17,21-22,36H,10-12,14-15,27H2,1-3H3,(H2,28,33)(H,29,34)(H,30,32). The summed E-state index contributed by atoms with van der Waals surface area (Å²) < 4.78 is 0. The molecule has 4 amide bonds. The Morgan fingerprint density at radius 1 is 1.03 bits per heavy atom. The van der Waals surface area contributed by atoms with Crippen molar-refractivity contribution in [1.29, 1.82) is 0 Å². The zero-order valence-corrected chi connectivity index (χ0v) is 21.1. The van der Waals surface area contributed by atoms with Crippen LogP contribution in [0.1, 0.15) is 39.2 Å². The minimum atomic E-state index is -1.03. The Balaban J connectivity index is 2.40. The Morgan fingerprint density at radius 3 is 2.28 bits per heavy atom. The van der Waals surface area contributed by atoms with E-state index in [2.05, 4.69) is 5.32 Å². The van der Waals surface area contributed by atoms with Gasteiger partial charge in [0.15, 0.2) is 0 Å². The normalized spacial score (nSPS) is 13.6. The molecule has 196 valence electrons. The third-order valence-corrected chi connectivity index (χ3v) is 6.08. The summed E-state index contributed by atoms with van der Waals surface area (Å²) in [4.78, 5) is 51.9. The van der Waals surface area contributed by atoms with Gasteiger partial charge < -0.3 is 21.7 Å². The van der Waals surface area contributed by atoms with E-state index in [0.29, 0.717) is 6.42 Å². The molecular formula is C26H37N5O5. The van der Waals surface area contributed by atoms with Crippen molar-refractivity contribution in [2.45, 2.75) is 52.1 Å². The van der Waals surface area contributed by atoms with Crippen LogP contribution in [-0.4, -0.2) is 58.9 Å². The number of hydrogen-bond donors (Lipinski definition) is 5. The molecule has 0 aliphatic rings. The number of carbonyl (C=O) groups excluding carboxylic acids is 4. The predicted octanol–water partition coefficient (Wildman–Crippen LogP) is 1.09. The molecule has 0 saturated heterocycles. The Morgan fingerprint density at radius 2 is 1.69 bits per heavy atom. The Labute approximate surface area is 211 Å². The van der Waals surface area contributed by atoms with E-state index in [1.54, 1.807) is 5.48 Å². The summed E-state index contributed by atoms with van der Waals surface area (Å²) in [5.41, 5.74) is 13.5. The molecule has 0 aliphatic carbocycles. The molecule has 10 nitrogen and oxygen atoms in total. The Kier molecular flexibility index (Phi) is 10.8. The predicted molar refractivity (Wildman–Crippen MR) is 136 cm³/mol. The molecule has 0 spiro atoms. The van der Waals surface area contributed by atoms with Gasteiger partial charge in [-0.2, -0.15) is 0 Å². The van der Waals surface area contributed by atoms with Crippen LogP contribution < -0.4 is 22.3 Å². The highest BCUT2D eigenvalue weighted by molar-refractivity contribution is 5.93. The molecule has 2 rings (SSSR count). The van der Waals surface area contributed by atoms with Crippen LogP contribution in [0.5, 0.6) is 0 Å². The van der Waals surface area contributed by atoms with Crippen molar-refractivity contribution in [2.75, 3.05) is 13.1 Å². The first-order valence-corrected chi connectivity index (χ1v) is 12.1. The number of amides is 4. The van der Waals surface area contributed by atoms with Crippen LogP contribution in [0.3, 0.4) is 0 Å². The maximum Gasteiger partial charge on any atom is 0.246 e. The van der Waals surface area contributed by atoms with E-state index < -0.39 is 41.6 Å². The van der Waals surface area contributed by atoms with Gasteiger partial charge in [-0.05, 0) is 35.6 Å². The van der Waals surface area contributed by atoms with Gasteiger partial charge >= 0.3 is 0 Å². The summed E-state index contributed by atoms with van der Waals surface area (Å²) in [5.74, 6) is -3.05. The number of carbonyl (C=O) groups is 4. The Hall–Kier alpha value is -3.50. The number of benzene rings is 2. The number of rotatable bonds is 13. The molecule has 0 bridgehead atoms. The molecule has 0 saturated carbocycles. The van der Waals surface area contributed by atoms with Gasteiger partial charge in [-0.25, -0.2) is 5.48 Å². The number of nitrogens with zero attached hydrogens (tertiary/aromatic N) is 1. The SMILES string of the molecule is CC(C)CC(CC(=O)NO)C(=O)NC(Cc1ccc2ccccc2c1)C(=O)N(CCN)C(C)C(N)=O. The lowest BCUT2D eigenvalue weighted by Gasteiger charge is -2.32. The molecule has 0 radical (unpaired) electrons. The molecule has 3 unspecified atom stereocenters. The van der Waals surface area contributed by atoms with Crippen LogP contribution in [0, 0.1) is 11.8 Å². The van der Waals surface area contributed by atoms with Crippen LogP contribution in [-0.2, 0) is 25.6 Å². The van der Waals surface area contributed by atoms with Crippen LogP contribution in [0.15, 0.2) is 42.5 Å². The van der Waals surface area contributed by atoms with Gasteiger partial charge in [0.2, 0.25) is 23.6 Å². The van der Waals surface area contributed by atoms with Crippen LogP contribution in [0.2, 0.25) is 0 Å². The first-order chi connectivity index (χ1) is 17.1. The lowest BCUT2D eigenvalue weighted by molar-refractivity contribution is -0.143. The summed E-state index contributed by atoms with van der Waals surface area (Å²) in [6, 6.07) is 11.6. The lowest BCUT2D eigenvalue weighted by Crippen LogP contribution is -2.56. The second-order valence-electron chi connectivity index (χ2n) is 9.41. The fourth-order valence-corrected chi connectivity index (χ4v) is 4.20. The summed E-state index contributed by atoms with van der Waals surface area (Å²) in [6.07, 6.45) is 0.296. The molecule has 0 fully saturated rings. The van der Waals surface area contributed by atoms with Gasteiger partial charge in [-0.1, -0.05) is 56.3 Å². The van der Waals surface area contributed by atoms with E-state index in [1.165, 1.54) is 11.8 Å². The number of fused-ring (bicyclic) bond motifs is 1. The largest absolute Gasteiger partial charge is 0.368 e. The summed E-state index contributed by atoms with van der Waals surface area (Å²) in [5, 5.41) is 13.8. The average Bonchev–Trinajstić information content (AvgIpc) is 2.85. The van der Waals surface area contributed by atoms with Crippen molar-refractivity contribution in [3.8, 4) is 0 Å². The fourth-order valence-electron chi connectivity index (χ4n) is 4.20. The quantitative estimate of drug-likeness (QED) is 0.204. The maximum absolute atomic E-state index is 13.6. The van der Waals surface area contributed by atoms with Gasteiger partial charge in [-0.15, -0.1) is 0 Å². The zero-order chi connectivity index (χ0) is 26.8. The van der Waals surface area contributed by atoms with Crippen molar-refractivity contribution < 1.29 is 24.4 Å². The second kappa shape index (κ2) is 13.6. The van der Waals surface area contributed by atoms with Crippen molar-refractivity contribution in [3.05, 3.63) is 48.0 Å². The number of nitrogens with two attached hydrogens (primary N) is 2. The van der Waals surface area contributed by atoms with Crippen molar-refractivity contribution in [3.63, 3.8) is 0 Å². The highest BCUT2D eigenvalue weighted by Crippen LogP contribution is 2.20. The third kappa shape index (κ3) is 8.03. The van der Waals surface area contributed by atoms with Gasteiger partial charge in [0.1, 0.15) is 12.1 Å². The molecule has 0 aromatic heterocycles. The van der Waals surface area contributed by atoms with Gasteiger partial charge in [-0.3, -0.25) is 24.4 Å². The monoisotopic (exact) mass is 499 g/mol. The molecule has 3 atom stereocenters.